The topological polar surface area (TPSA) is 70.1 Å². The molecule has 0 fully saturated rings. The summed E-state index contributed by atoms with van der Waals surface area (Å²) >= 11 is 7.10. The Morgan fingerprint density at radius 3 is 3.00 bits per heavy atom. The van der Waals surface area contributed by atoms with E-state index in [2.05, 4.69) is 0 Å². The van der Waals surface area contributed by atoms with E-state index in [1.807, 2.05) is 0 Å². The highest BCUT2D eigenvalue weighted by molar-refractivity contribution is 7.99. The van der Waals surface area contributed by atoms with Crippen LogP contribution in [0.1, 0.15) is 0 Å². The molecule has 0 aromatic carbocycles. The fourth-order valence-corrected chi connectivity index (χ4v) is 2.68. The van der Waals surface area contributed by atoms with Gasteiger partial charge in [0, 0.05) is 0 Å². The lowest BCUT2D eigenvalue weighted by molar-refractivity contribution is -0.724. The average Bonchev–Trinajstić information content (AvgIpc) is 2.59. The van der Waals surface area contributed by atoms with Crippen LogP contribution >= 0.6 is 23.4 Å². The maximum absolute atomic E-state index is 11.5. The second-order valence-electron chi connectivity index (χ2n) is 2.74. The van der Waals surface area contributed by atoms with Crippen LogP contribution in [0.5, 0.6) is 5.75 Å². The summed E-state index contributed by atoms with van der Waals surface area (Å²) in [5, 5.41) is 22.6. The van der Waals surface area contributed by atoms with Crippen molar-refractivity contribution in [2.45, 2.75) is 11.6 Å². The predicted octanol–water partition coefficient (Wildman–Crippen LogP) is 0.715. The van der Waals surface area contributed by atoms with E-state index in [0.717, 1.165) is 11.8 Å². The Bertz CT molecular complexity index is 424. The van der Waals surface area contributed by atoms with Crippen molar-refractivity contribution in [3.8, 4) is 5.75 Å². The largest absolute Gasteiger partial charge is 0.863 e. The van der Waals surface area contributed by atoms with E-state index in [0.29, 0.717) is 11.6 Å². The molecule has 1 aromatic rings. The number of hydrogen-bond donors (Lipinski definition) is 0. The Morgan fingerprint density at radius 2 is 2.36 bits per heavy atom. The van der Waals surface area contributed by atoms with Crippen LogP contribution in [0.3, 0.4) is 0 Å². The number of nitro groups is 1. The summed E-state index contributed by atoms with van der Waals surface area (Å²) in [4.78, 5) is 9.80. The van der Waals surface area contributed by atoms with Crippen LogP contribution in [0.15, 0.2) is 11.1 Å². The Kier molecular flexibility index (Phi) is 2.24. The number of thioether (sulfide) groups is 1. The molecule has 2 rings (SSSR count). The fraction of sp³-hybridized carbons (Fsp3) is 0.286. The zero-order valence-electron chi connectivity index (χ0n) is 6.90. The molecule has 5 nitrogen and oxygen atoms in total. The van der Waals surface area contributed by atoms with Gasteiger partial charge in [0.2, 0.25) is 5.03 Å². The van der Waals surface area contributed by atoms with Crippen molar-refractivity contribution in [3.05, 3.63) is 21.3 Å². The van der Waals surface area contributed by atoms with Crippen molar-refractivity contribution in [1.29, 1.82) is 0 Å². The van der Waals surface area contributed by atoms with Crippen molar-refractivity contribution in [2.75, 3.05) is 5.75 Å². The van der Waals surface area contributed by atoms with E-state index in [-0.39, 0.29) is 5.15 Å². The molecule has 14 heavy (non-hydrogen) atoms. The van der Waals surface area contributed by atoms with E-state index in [9.17, 15) is 15.2 Å². The predicted molar refractivity (Wildman–Crippen MR) is 48.5 cm³/mol. The molecule has 0 radical (unpaired) electrons. The van der Waals surface area contributed by atoms with Crippen molar-refractivity contribution >= 4 is 29.1 Å². The van der Waals surface area contributed by atoms with E-state index < -0.39 is 16.4 Å². The summed E-state index contributed by atoms with van der Waals surface area (Å²) in [6, 6.07) is 1.11. The minimum absolute atomic E-state index is 0.247. The number of rotatable bonds is 1. The van der Waals surface area contributed by atoms with Gasteiger partial charge in [-0.2, -0.15) is 4.57 Å². The first-order chi connectivity index (χ1) is 6.61. The number of hydrogen-bond acceptors (Lipinski definition) is 4. The second kappa shape index (κ2) is 3.29. The van der Waals surface area contributed by atoms with Gasteiger partial charge < -0.3 is 5.11 Å². The summed E-state index contributed by atoms with van der Waals surface area (Å²) in [7, 11) is 0. The molecule has 74 valence electrons. The Balaban J connectivity index is 2.68. The van der Waals surface area contributed by atoms with Gasteiger partial charge in [0.15, 0.2) is 6.54 Å². The van der Waals surface area contributed by atoms with E-state index >= 15 is 0 Å². The molecule has 0 N–H and O–H groups in total. The Hall–Kier alpha value is -1.01. The number of nitrogens with zero attached hydrogens (tertiary/aromatic N) is 2. The molecular formula is C7H5ClN2O3S. The van der Waals surface area contributed by atoms with Crippen LogP contribution in [-0.2, 0) is 6.54 Å². The number of aromatic nitrogens is 1. The summed E-state index contributed by atoms with van der Waals surface area (Å²) in [6.45, 7) is 0.631. The van der Waals surface area contributed by atoms with Gasteiger partial charge in [-0.15, -0.1) is 0 Å². The van der Waals surface area contributed by atoms with Crippen LogP contribution in [0.2, 0.25) is 5.15 Å². The van der Waals surface area contributed by atoms with Crippen molar-refractivity contribution in [2.24, 2.45) is 0 Å². The molecule has 0 unspecified atom stereocenters. The highest BCUT2D eigenvalue weighted by atomic mass is 35.5. The molecule has 0 bridgehead atoms. The van der Waals surface area contributed by atoms with Crippen LogP contribution in [0.25, 0.3) is 0 Å². The zero-order valence-corrected chi connectivity index (χ0v) is 8.47. The number of pyridine rings is 1. The van der Waals surface area contributed by atoms with Gasteiger partial charge in [0.05, 0.1) is 16.4 Å². The smallest absolute Gasteiger partial charge is 0.282 e. The lowest BCUT2D eigenvalue weighted by Gasteiger charge is -2.07. The molecule has 1 aliphatic rings. The first-order valence-electron chi connectivity index (χ1n) is 3.82. The second-order valence-corrected chi connectivity index (χ2v) is 4.21. The summed E-state index contributed by atoms with van der Waals surface area (Å²) in [5.74, 6) is 0.192. The minimum Gasteiger partial charge on any atom is -0.863 e. The van der Waals surface area contributed by atoms with Crippen molar-refractivity contribution in [1.82, 2.24) is 0 Å². The van der Waals surface area contributed by atoms with Gasteiger partial charge in [0.25, 0.3) is 10.8 Å². The summed E-state index contributed by atoms with van der Waals surface area (Å²) < 4.78 is 1.60. The molecule has 0 spiro atoms. The van der Waals surface area contributed by atoms with E-state index in [1.165, 1.54) is 11.8 Å². The van der Waals surface area contributed by atoms with Gasteiger partial charge in [-0.25, -0.2) is 0 Å². The molecule has 0 atom stereocenters. The van der Waals surface area contributed by atoms with Gasteiger partial charge in [-0.05, 0) is 11.6 Å². The van der Waals surface area contributed by atoms with E-state index in [1.54, 1.807) is 4.57 Å². The third kappa shape index (κ3) is 1.31. The standard InChI is InChI=1S/C7H5ClN2O3S/c8-5-3-4(10(12)13)6(11)7-9(5)1-2-14-7/h3H,1-2H2. The average molecular weight is 233 g/mol. The molecule has 2 heterocycles. The molecule has 7 heteroatoms. The van der Waals surface area contributed by atoms with Crippen LogP contribution < -0.4 is 9.67 Å². The third-order valence-corrected chi connectivity index (χ3v) is 3.32. The zero-order chi connectivity index (χ0) is 10.3. The minimum atomic E-state index is -0.700. The van der Waals surface area contributed by atoms with Crippen LogP contribution in [-0.4, -0.2) is 10.7 Å². The van der Waals surface area contributed by atoms with Gasteiger partial charge in [-0.3, -0.25) is 10.1 Å². The highest BCUT2D eigenvalue weighted by Gasteiger charge is 2.29. The maximum Gasteiger partial charge on any atom is 0.282 e. The fourth-order valence-electron chi connectivity index (χ4n) is 1.31. The number of halogens is 1. The van der Waals surface area contributed by atoms with Crippen LogP contribution in [0, 0.1) is 10.1 Å². The number of fused-ring (bicyclic) bond motifs is 1. The Morgan fingerprint density at radius 1 is 1.64 bits per heavy atom. The van der Waals surface area contributed by atoms with Crippen molar-refractivity contribution in [3.63, 3.8) is 0 Å². The Labute approximate surface area is 88.5 Å². The highest BCUT2D eigenvalue weighted by Crippen LogP contribution is 2.35. The summed E-state index contributed by atoms with van der Waals surface area (Å²) in [6.07, 6.45) is 0. The first kappa shape index (κ1) is 9.54. The molecule has 0 saturated heterocycles. The monoisotopic (exact) mass is 232 g/mol. The van der Waals surface area contributed by atoms with Gasteiger partial charge >= 0.3 is 0 Å². The van der Waals surface area contributed by atoms with E-state index in [4.69, 9.17) is 11.6 Å². The lowest BCUT2D eigenvalue weighted by Crippen LogP contribution is -2.35. The molecule has 0 aliphatic carbocycles. The van der Waals surface area contributed by atoms with Gasteiger partial charge in [-0.1, -0.05) is 11.8 Å². The lowest BCUT2D eigenvalue weighted by atomic mass is 10.4. The maximum atomic E-state index is 11.5. The van der Waals surface area contributed by atoms with Crippen LogP contribution in [0.4, 0.5) is 5.69 Å². The van der Waals surface area contributed by atoms with Crippen molar-refractivity contribution < 1.29 is 14.6 Å². The summed E-state index contributed by atoms with van der Waals surface area (Å²) in [5.41, 5.74) is -0.448. The molecule has 1 aromatic heterocycles. The quantitative estimate of drug-likeness (QED) is 0.310. The molecule has 1 aliphatic heterocycles. The molecule has 0 saturated carbocycles. The molecular weight excluding hydrogens is 228 g/mol. The third-order valence-electron chi connectivity index (χ3n) is 1.94. The molecule has 0 amide bonds. The van der Waals surface area contributed by atoms with Gasteiger partial charge in [0.1, 0.15) is 6.07 Å². The first-order valence-corrected chi connectivity index (χ1v) is 5.18. The normalized spacial score (nSPS) is 14.1. The SMILES string of the molecule is O=[N+]([O-])c1cc(Cl)[n+]2c(c1[O-])SCC2.